The predicted molar refractivity (Wildman–Crippen MR) is 104 cm³/mol. The summed E-state index contributed by atoms with van der Waals surface area (Å²) in [6.07, 6.45) is -3.09. The van der Waals surface area contributed by atoms with E-state index in [4.69, 9.17) is 4.74 Å². The van der Waals surface area contributed by atoms with Gasteiger partial charge in [-0.3, -0.25) is 14.3 Å². The van der Waals surface area contributed by atoms with Crippen molar-refractivity contribution in [3.8, 4) is 11.5 Å². The summed E-state index contributed by atoms with van der Waals surface area (Å²) in [4.78, 5) is 29.7. The number of alkyl halides is 3. The molecule has 31 heavy (non-hydrogen) atoms. The molecule has 8 nitrogen and oxygen atoms in total. The molecule has 0 aliphatic carbocycles. The predicted octanol–water partition coefficient (Wildman–Crippen LogP) is 1.53. The lowest BCUT2D eigenvalue weighted by Gasteiger charge is -2.36. The lowest BCUT2D eigenvalue weighted by atomic mass is 10.2. The van der Waals surface area contributed by atoms with E-state index in [0.29, 0.717) is 44.8 Å². The van der Waals surface area contributed by atoms with Crippen molar-refractivity contribution >= 4 is 5.69 Å². The van der Waals surface area contributed by atoms with Gasteiger partial charge in [0.05, 0.1) is 11.9 Å². The zero-order chi connectivity index (χ0) is 22.6. The van der Waals surface area contributed by atoms with Crippen LogP contribution < -0.4 is 20.9 Å². The van der Waals surface area contributed by atoms with Crippen molar-refractivity contribution in [2.45, 2.75) is 19.1 Å². The Kier molecular flexibility index (Phi) is 6.88. The Morgan fingerprint density at radius 2 is 1.81 bits per heavy atom. The molecule has 0 atom stereocenters. The van der Waals surface area contributed by atoms with Crippen LogP contribution in [0.25, 0.3) is 0 Å². The summed E-state index contributed by atoms with van der Waals surface area (Å²) in [5.74, 6) is -1.37. The minimum atomic E-state index is -4.53. The third kappa shape index (κ3) is 6.00. The van der Waals surface area contributed by atoms with Crippen LogP contribution in [0.1, 0.15) is 6.42 Å². The van der Waals surface area contributed by atoms with Crippen LogP contribution >= 0.6 is 0 Å². The summed E-state index contributed by atoms with van der Waals surface area (Å²) < 4.78 is 56.7. The number of benzene rings is 1. The molecule has 1 aromatic carbocycles. The second kappa shape index (κ2) is 9.41. The van der Waals surface area contributed by atoms with Crippen LogP contribution in [0.3, 0.4) is 0 Å². The minimum absolute atomic E-state index is 0.135. The number of aromatic nitrogens is 2. The monoisotopic (exact) mass is 446 g/mol. The number of hydrogen-bond acceptors (Lipinski definition) is 6. The number of rotatable bonds is 7. The third-order valence-electron chi connectivity index (χ3n) is 4.92. The number of halogens is 4. The molecule has 1 aliphatic heterocycles. The van der Waals surface area contributed by atoms with Crippen molar-refractivity contribution < 1.29 is 27.4 Å². The first kappa shape index (κ1) is 22.7. The normalized spacial score (nSPS) is 15.3. The summed E-state index contributed by atoms with van der Waals surface area (Å²) in [5, 5.41) is 9.42. The van der Waals surface area contributed by atoms with Crippen molar-refractivity contribution in [2.24, 2.45) is 0 Å². The molecule has 0 bridgehead atoms. The number of nitrogens with one attached hydrogen (secondary N) is 1. The summed E-state index contributed by atoms with van der Waals surface area (Å²) in [6.45, 7) is 1.35. The number of hydrogen-bond donors (Lipinski definition) is 2. The SMILES string of the molecule is O=c1[nH]cc(O)c(=O)n1CCCN1CCN(c2ccc(F)cc2OCC(F)(F)F)CC1. The van der Waals surface area contributed by atoms with Gasteiger partial charge in [0.25, 0.3) is 5.56 Å². The number of aromatic amines is 1. The van der Waals surface area contributed by atoms with E-state index in [0.717, 1.165) is 16.8 Å². The molecule has 2 aromatic rings. The Morgan fingerprint density at radius 1 is 1.10 bits per heavy atom. The number of H-pyrrole nitrogens is 1. The Morgan fingerprint density at radius 3 is 2.48 bits per heavy atom. The Balaban J connectivity index is 1.55. The molecular weight excluding hydrogens is 424 g/mol. The van der Waals surface area contributed by atoms with Gasteiger partial charge >= 0.3 is 11.9 Å². The topological polar surface area (TPSA) is 90.8 Å². The summed E-state index contributed by atoms with van der Waals surface area (Å²) >= 11 is 0. The molecule has 2 N–H and O–H groups in total. The fourth-order valence-corrected chi connectivity index (χ4v) is 3.39. The second-order valence-electron chi connectivity index (χ2n) is 7.13. The molecule has 0 saturated carbocycles. The lowest BCUT2D eigenvalue weighted by Crippen LogP contribution is -2.47. The zero-order valence-electron chi connectivity index (χ0n) is 16.5. The van der Waals surface area contributed by atoms with Crippen LogP contribution in [0.5, 0.6) is 11.5 Å². The highest BCUT2D eigenvalue weighted by Gasteiger charge is 2.29. The van der Waals surface area contributed by atoms with E-state index in [9.17, 15) is 32.3 Å². The first-order valence-electron chi connectivity index (χ1n) is 9.62. The van der Waals surface area contributed by atoms with Crippen LogP contribution in [0.2, 0.25) is 0 Å². The lowest BCUT2D eigenvalue weighted by molar-refractivity contribution is -0.153. The van der Waals surface area contributed by atoms with Crippen molar-refractivity contribution in [3.63, 3.8) is 0 Å². The van der Waals surface area contributed by atoms with Gasteiger partial charge in [-0.05, 0) is 25.1 Å². The van der Waals surface area contributed by atoms with Gasteiger partial charge in [-0.2, -0.15) is 13.2 Å². The molecule has 12 heteroatoms. The van der Waals surface area contributed by atoms with Crippen LogP contribution in [0.4, 0.5) is 23.2 Å². The van der Waals surface area contributed by atoms with Crippen LogP contribution in [-0.2, 0) is 6.54 Å². The van der Waals surface area contributed by atoms with Crippen LogP contribution in [0, 0.1) is 5.82 Å². The molecule has 170 valence electrons. The molecule has 1 aromatic heterocycles. The number of piperazine rings is 1. The van der Waals surface area contributed by atoms with Crippen LogP contribution in [-0.4, -0.2) is 65.1 Å². The fraction of sp³-hybridized carbons (Fsp3) is 0.474. The maximum Gasteiger partial charge on any atom is 0.422 e. The van der Waals surface area contributed by atoms with Gasteiger partial charge in [-0.1, -0.05) is 0 Å². The second-order valence-corrected chi connectivity index (χ2v) is 7.13. The van der Waals surface area contributed by atoms with Crippen molar-refractivity contribution in [1.82, 2.24) is 14.5 Å². The maximum atomic E-state index is 13.5. The number of nitrogens with zero attached hydrogens (tertiary/aromatic N) is 3. The van der Waals surface area contributed by atoms with Crippen molar-refractivity contribution in [3.05, 3.63) is 51.1 Å². The first-order chi connectivity index (χ1) is 14.6. The molecule has 1 fully saturated rings. The van der Waals surface area contributed by atoms with Crippen molar-refractivity contribution in [1.29, 1.82) is 0 Å². The Bertz CT molecular complexity index is 1010. The van der Waals surface area contributed by atoms with E-state index in [1.54, 1.807) is 0 Å². The minimum Gasteiger partial charge on any atom is -0.502 e. The molecule has 1 saturated heterocycles. The molecule has 0 amide bonds. The highest BCUT2D eigenvalue weighted by molar-refractivity contribution is 5.59. The van der Waals surface area contributed by atoms with E-state index in [2.05, 4.69) is 9.88 Å². The summed E-state index contributed by atoms with van der Waals surface area (Å²) in [5.41, 5.74) is -0.963. The molecule has 0 unspecified atom stereocenters. The van der Waals surface area contributed by atoms with E-state index in [1.165, 1.54) is 12.1 Å². The smallest absolute Gasteiger partial charge is 0.422 e. The molecule has 1 aliphatic rings. The van der Waals surface area contributed by atoms with Gasteiger partial charge in [0, 0.05) is 38.8 Å². The Hall–Kier alpha value is -3.02. The van der Waals surface area contributed by atoms with Gasteiger partial charge in [-0.15, -0.1) is 0 Å². The number of anilines is 1. The molecular formula is C19H22F4N4O4. The molecule has 2 heterocycles. The fourth-order valence-electron chi connectivity index (χ4n) is 3.39. The first-order valence-corrected chi connectivity index (χ1v) is 9.62. The third-order valence-corrected chi connectivity index (χ3v) is 4.92. The van der Waals surface area contributed by atoms with Gasteiger partial charge in [0.2, 0.25) is 0 Å². The average Bonchev–Trinajstić information content (AvgIpc) is 2.72. The average molecular weight is 446 g/mol. The summed E-state index contributed by atoms with van der Waals surface area (Å²) in [7, 11) is 0. The van der Waals surface area contributed by atoms with Gasteiger partial charge in [0.1, 0.15) is 11.6 Å². The maximum absolute atomic E-state index is 13.5. The van der Waals surface area contributed by atoms with Gasteiger partial charge < -0.3 is 19.7 Å². The van der Waals surface area contributed by atoms with Gasteiger partial charge in [0.15, 0.2) is 12.4 Å². The highest BCUT2D eigenvalue weighted by atomic mass is 19.4. The standard InChI is InChI=1S/C19H22F4N4O4/c20-13-2-3-14(16(10-13)31-12-19(21,22)23)26-8-6-25(7-9-26)4-1-5-27-17(29)15(28)11-24-18(27)30/h2-3,10-11,28H,1,4-9,12H2,(H,24,30). The van der Waals surface area contributed by atoms with Crippen molar-refractivity contribution in [2.75, 3.05) is 44.2 Å². The van der Waals surface area contributed by atoms with E-state index in [1.807, 2.05) is 4.90 Å². The van der Waals surface area contributed by atoms with Crippen LogP contribution in [0.15, 0.2) is 34.0 Å². The Labute approximate surface area is 174 Å². The number of ether oxygens (including phenoxy) is 1. The van der Waals surface area contributed by atoms with E-state index in [-0.39, 0.29) is 12.3 Å². The molecule has 0 spiro atoms. The van der Waals surface area contributed by atoms with E-state index < -0.39 is 35.6 Å². The van der Waals surface area contributed by atoms with E-state index >= 15 is 0 Å². The summed E-state index contributed by atoms with van der Waals surface area (Å²) in [6, 6.07) is 3.52. The highest BCUT2D eigenvalue weighted by Crippen LogP contribution is 2.31. The molecule has 0 radical (unpaired) electrons. The largest absolute Gasteiger partial charge is 0.502 e. The number of aromatic hydroxyl groups is 1. The quantitative estimate of drug-likeness (QED) is 0.627. The van der Waals surface area contributed by atoms with Gasteiger partial charge in [-0.25, -0.2) is 9.18 Å². The zero-order valence-corrected chi connectivity index (χ0v) is 16.5. The molecule has 3 rings (SSSR count).